The predicted molar refractivity (Wildman–Crippen MR) is 28.8 cm³/mol. The van der Waals surface area contributed by atoms with E-state index in [1.807, 2.05) is 0 Å². The van der Waals surface area contributed by atoms with E-state index < -0.39 is 6.17 Å². The summed E-state index contributed by atoms with van der Waals surface area (Å²) in [5.74, 6) is 0. The Morgan fingerprint density at radius 3 is 2.70 bits per heavy atom. The highest BCUT2D eigenvalue weighted by atomic mass is 15.6. The standard InChI is InChI=1S/C3H3N7/c1-2(5-8-4-1)3-6-9-10-7-3/h1,3H,(H,4,5,8). The van der Waals surface area contributed by atoms with Crippen LogP contribution in [0.25, 0.3) is 0 Å². The minimum absolute atomic E-state index is 0.390. The number of nitrogens with one attached hydrogen (secondary N) is 1. The van der Waals surface area contributed by atoms with Gasteiger partial charge < -0.3 is 0 Å². The molecular formula is C3H3N7. The molecule has 0 bridgehead atoms. The summed E-state index contributed by atoms with van der Waals surface area (Å²) in [6.45, 7) is 0. The van der Waals surface area contributed by atoms with Gasteiger partial charge in [0, 0.05) is 0 Å². The first-order valence-electron chi connectivity index (χ1n) is 2.62. The average molecular weight is 137 g/mol. The van der Waals surface area contributed by atoms with Crippen LogP contribution < -0.4 is 0 Å². The summed E-state index contributed by atoms with van der Waals surface area (Å²) >= 11 is 0. The van der Waals surface area contributed by atoms with Gasteiger partial charge in [-0.15, -0.1) is 10.2 Å². The van der Waals surface area contributed by atoms with Crippen LogP contribution in [-0.4, -0.2) is 15.4 Å². The van der Waals surface area contributed by atoms with Crippen LogP contribution in [0.2, 0.25) is 0 Å². The Balaban J connectivity index is 2.29. The van der Waals surface area contributed by atoms with E-state index >= 15 is 0 Å². The second-order valence-electron chi connectivity index (χ2n) is 1.68. The quantitative estimate of drug-likeness (QED) is 0.615. The fourth-order valence-electron chi connectivity index (χ4n) is 0.620. The highest BCUT2D eigenvalue weighted by molar-refractivity contribution is 4.97. The molecule has 10 heavy (non-hydrogen) atoms. The van der Waals surface area contributed by atoms with Crippen molar-refractivity contribution in [2.45, 2.75) is 6.17 Å². The van der Waals surface area contributed by atoms with Gasteiger partial charge in [-0.1, -0.05) is 0 Å². The lowest BCUT2D eigenvalue weighted by atomic mass is 10.4. The minimum atomic E-state index is -0.390. The molecule has 0 fully saturated rings. The zero-order valence-corrected chi connectivity index (χ0v) is 4.84. The number of aromatic amines is 1. The van der Waals surface area contributed by atoms with Crippen molar-refractivity contribution in [3.8, 4) is 0 Å². The lowest BCUT2D eigenvalue weighted by molar-refractivity contribution is 0.727. The van der Waals surface area contributed by atoms with Crippen LogP contribution in [0.4, 0.5) is 0 Å². The number of H-pyrrole nitrogens is 1. The summed E-state index contributed by atoms with van der Waals surface area (Å²) in [6.07, 6.45) is 1.15. The molecule has 0 spiro atoms. The van der Waals surface area contributed by atoms with E-state index in [1.165, 1.54) is 6.20 Å². The summed E-state index contributed by atoms with van der Waals surface area (Å²) in [5, 5.41) is 23.7. The number of hydrogen-bond acceptors (Lipinski definition) is 6. The van der Waals surface area contributed by atoms with Gasteiger partial charge in [0.2, 0.25) is 6.17 Å². The molecular weight excluding hydrogens is 134 g/mol. The van der Waals surface area contributed by atoms with Crippen molar-refractivity contribution in [1.29, 1.82) is 0 Å². The van der Waals surface area contributed by atoms with Crippen LogP contribution in [-0.2, 0) is 0 Å². The molecule has 2 rings (SSSR count). The Hall–Kier alpha value is -1.66. The zero-order chi connectivity index (χ0) is 6.81. The molecule has 7 heteroatoms. The molecule has 50 valence electrons. The fourth-order valence-corrected chi connectivity index (χ4v) is 0.620. The molecule has 0 amide bonds. The minimum Gasteiger partial charge on any atom is -0.198 e. The first-order chi connectivity index (χ1) is 4.97. The van der Waals surface area contributed by atoms with Crippen molar-refractivity contribution in [1.82, 2.24) is 15.4 Å². The SMILES string of the molecule is c1n[nH]nc1C1N=NN=N1. The maximum absolute atomic E-state index is 3.75. The van der Waals surface area contributed by atoms with E-state index in [2.05, 4.69) is 36.1 Å². The van der Waals surface area contributed by atoms with Gasteiger partial charge in [-0.3, -0.25) is 0 Å². The highest BCUT2D eigenvalue weighted by Crippen LogP contribution is 2.20. The molecule has 1 aromatic heterocycles. The lowest BCUT2D eigenvalue weighted by Crippen LogP contribution is -1.87. The molecule has 2 heterocycles. The molecule has 0 radical (unpaired) electrons. The molecule has 0 atom stereocenters. The van der Waals surface area contributed by atoms with E-state index in [0.717, 1.165) is 0 Å². The zero-order valence-electron chi connectivity index (χ0n) is 4.84. The van der Waals surface area contributed by atoms with Crippen LogP contribution >= 0.6 is 0 Å². The van der Waals surface area contributed by atoms with Crippen LogP contribution in [0.5, 0.6) is 0 Å². The van der Waals surface area contributed by atoms with E-state index in [1.54, 1.807) is 0 Å². The van der Waals surface area contributed by atoms with Crippen LogP contribution in [0.15, 0.2) is 26.9 Å². The summed E-state index contributed by atoms with van der Waals surface area (Å²) in [4.78, 5) is 0. The van der Waals surface area contributed by atoms with E-state index in [-0.39, 0.29) is 0 Å². The van der Waals surface area contributed by atoms with Crippen molar-refractivity contribution < 1.29 is 0 Å². The van der Waals surface area contributed by atoms with Gasteiger partial charge in [0.05, 0.1) is 6.20 Å². The van der Waals surface area contributed by atoms with Crippen molar-refractivity contribution in [3.63, 3.8) is 0 Å². The predicted octanol–water partition coefficient (Wildman–Crippen LogP) is 0.636. The van der Waals surface area contributed by atoms with E-state index in [9.17, 15) is 0 Å². The van der Waals surface area contributed by atoms with Crippen LogP contribution in [0.3, 0.4) is 0 Å². The van der Waals surface area contributed by atoms with Gasteiger partial charge in [0.1, 0.15) is 5.69 Å². The monoisotopic (exact) mass is 137 g/mol. The van der Waals surface area contributed by atoms with Gasteiger partial charge in [-0.25, -0.2) is 0 Å². The Morgan fingerprint density at radius 2 is 2.10 bits per heavy atom. The first kappa shape index (κ1) is 5.15. The topological polar surface area (TPSA) is 91.0 Å². The Bertz CT molecular complexity index is 246. The molecule has 1 aliphatic heterocycles. The molecule has 7 nitrogen and oxygen atoms in total. The molecule has 0 saturated carbocycles. The third-order valence-electron chi connectivity index (χ3n) is 1.06. The van der Waals surface area contributed by atoms with Crippen molar-refractivity contribution in [2.24, 2.45) is 20.7 Å². The maximum Gasteiger partial charge on any atom is 0.230 e. The normalized spacial score (nSPS) is 16.8. The first-order valence-corrected chi connectivity index (χ1v) is 2.62. The summed E-state index contributed by atoms with van der Waals surface area (Å²) < 4.78 is 0. The van der Waals surface area contributed by atoms with Crippen molar-refractivity contribution >= 4 is 0 Å². The summed E-state index contributed by atoms with van der Waals surface area (Å²) in [6, 6.07) is 0. The van der Waals surface area contributed by atoms with Gasteiger partial charge in [-0.2, -0.15) is 15.4 Å². The third kappa shape index (κ3) is 0.677. The van der Waals surface area contributed by atoms with Gasteiger partial charge in [0.15, 0.2) is 0 Å². The Morgan fingerprint density at radius 1 is 1.30 bits per heavy atom. The Labute approximate surface area is 55.2 Å². The van der Waals surface area contributed by atoms with Crippen LogP contribution in [0, 0.1) is 0 Å². The molecule has 1 aromatic rings. The molecule has 0 unspecified atom stereocenters. The number of nitrogens with zero attached hydrogens (tertiary/aromatic N) is 6. The molecule has 0 saturated heterocycles. The lowest BCUT2D eigenvalue weighted by Gasteiger charge is -1.89. The van der Waals surface area contributed by atoms with E-state index in [4.69, 9.17) is 0 Å². The Kier molecular flexibility index (Phi) is 0.998. The number of rotatable bonds is 1. The van der Waals surface area contributed by atoms with Crippen molar-refractivity contribution in [3.05, 3.63) is 11.9 Å². The maximum atomic E-state index is 3.75. The number of hydrogen-bond donors (Lipinski definition) is 1. The second kappa shape index (κ2) is 1.94. The third-order valence-corrected chi connectivity index (χ3v) is 1.06. The van der Waals surface area contributed by atoms with Crippen LogP contribution in [0.1, 0.15) is 11.9 Å². The highest BCUT2D eigenvalue weighted by Gasteiger charge is 2.14. The summed E-state index contributed by atoms with van der Waals surface area (Å²) in [5.41, 5.74) is 0.630. The summed E-state index contributed by atoms with van der Waals surface area (Å²) in [7, 11) is 0. The fraction of sp³-hybridized carbons (Fsp3) is 0.333. The number of aromatic nitrogens is 3. The van der Waals surface area contributed by atoms with Gasteiger partial charge >= 0.3 is 0 Å². The second-order valence-corrected chi connectivity index (χ2v) is 1.68. The molecule has 0 aromatic carbocycles. The van der Waals surface area contributed by atoms with Gasteiger partial charge in [-0.05, 0) is 10.4 Å². The van der Waals surface area contributed by atoms with Crippen molar-refractivity contribution in [2.75, 3.05) is 0 Å². The van der Waals surface area contributed by atoms with Gasteiger partial charge in [0.25, 0.3) is 0 Å². The molecule has 0 aliphatic carbocycles. The van der Waals surface area contributed by atoms with E-state index in [0.29, 0.717) is 5.69 Å². The average Bonchev–Trinajstić information content (AvgIpc) is 2.59. The largest absolute Gasteiger partial charge is 0.230 e. The smallest absolute Gasteiger partial charge is 0.198 e. The molecule has 1 aliphatic rings. The molecule has 1 N–H and O–H groups in total.